The Balaban J connectivity index is 2.31. The summed E-state index contributed by atoms with van der Waals surface area (Å²) in [6.07, 6.45) is 1.15. The van der Waals surface area contributed by atoms with Crippen molar-refractivity contribution >= 4 is 11.3 Å². The third-order valence-electron chi connectivity index (χ3n) is 2.71. The van der Waals surface area contributed by atoms with Crippen molar-refractivity contribution in [1.29, 1.82) is 0 Å². The lowest BCUT2D eigenvalue weighted by atomic mass is 9.93. The first-order valence-electron chi connectivity index (χ1n) is 6.36. The molecule has 0 aliphatic rings. The van der Waals surface area contributed by atoms with Crippen LogP contribution in [0.1, 0.15) is 30.5 Å². The SMILES string of the molecule is CCc1ccc(CNCC(C)(C)CN(C)C)s1. The molecule has 1 N–H and O–H groups in total. The fourth-order valence-corrected chi connectivity index (χ4v) is 3.07. The number of aryl methyl sites for hydroxylation is 1. The van der Waals surface area contributed by atoms with Crippen molar-refractivity contribution in [2.45, 2.75) is 33.7 Å². The van der Waals surface area contributed by atoms with E-state index in [9.17, 15) is 0 Å². The molecule has 2 nitrogen and oxygen atoms in total. The lowest BCUT2D eigenvalue weighted by Gasteiger charge is -2.28. The normalized spacial score (nSPS) is 12.4. The predicted octanol–water partition coefficient (Wildman–Crippen LogP) is 2.99. The van der Waals surface area contributed by atoms with Crippen LogP contribution in [0.5, 0.6) is 0 Å². The van der Waals surface area contributed by atoms with Gasteiger partial charge >= 0.3 is 0 Å². The Hall–Kier alpha value is -0.380. The lowest BCUT2D eigenvalue weighted by molar-refractivity contribution is 0.232. The summed E-state index contributed by atoms with van der Waals surface area (Å²) >= 11 is 1.92. The van der Waals surface area contributed by atoms with Gasteiger partial charge in [-0.25, -0.2) is 0 Å². The van der Waals surface area contributed by atoms with E-state index in [1.807, 2.05) is 11.3 Å². The third kappa shape index (κ3) is 5.66. The average Bonchev–Trinajstić information content (AvgIpc) is 2.63. The summed E-state index contributed by atoms with van der Waals surface area (Å²) in [6.45, 7) is 10.0. The van der Waals surface area contributed by atoms with Gasteiger partial charge in [0.15, 0.2) is 0 Å². The molecule has 0 saturated carbocycles. The number of hydrogen-bond donors (Lipinski definition) is 1. The molecule has 0 unspecified atom stereocenters. The van der Waals surface area contributed by atoms with Gasteiger partial charge in [0, 0.05) is 29.4 Å². The Morgan fingerprint density at radius 2 is 1.88 bits per heavy atom. The number of rotatable bonds is 7. The molecule has 0 radical (unpaired) electrons. The maximum Gasteiger partial charge on any atom is 0.0300 e. The van der Waals surface area contributed by atoms with Gasteiger partial charge in [-0.3, -0.25) is 0 Å². The Morgan fingerprint density at radius 3 is 2.41 bits per heavy atom. The monoisotopic (exact) mass is 254 g/mol. The van der Waals surface area contributed by atoms with Gasteiger partial charge in [-0.1, -0.05) is 20.8 Å². The molecule has 1 aromatic rings. The van der Waals surface area contributed by atoms with Crippen molar-refractivity contribution in [3.63, 3.8) is 0 Å². The number of nitrogens with zero attached hydrogens (tertiary/aromatic N) is 1. The van der Waals surface area contributed by atoms with Gasteiger partial charge in [-0.15, -0.1) is 11.3 Å². The summed E-state index contributed by atoms with van der Waals surface area (Å²) in [6, 6.07) is 4.49. The first kappa shape index (κ1) is 14.7. The summed E-state index contributed by atoms with van der Waals surface area (Å²) in [5.74, 6) is 0. The van der Waals surface area contributed by atoms with Crippen molar-refractivity contribution in [2.75, 3.05) is 27.2 Å². The maximum atomic E-state index is 3.57. The zero-order chi connectivity index (χ0) is 12.9. The van der Waals surface area contributed by atoms with Crippen molar-refractivity contribution in [2.24, 2.45) is 5.41 Å². The van der Waals surface area contributed by atoms with E-state index in [4.69, 9.17) is 0 Å². The number of hydrogen-bond acceptors (Lipinski definition) is 3. The van der Waals surface area contributed by atoms with Crippen molar-refractivity contribution in [3.05, 3.63) is 21.9 Å². The fraction of sp³-hybridized carbons (Fsp3) is 0.714. The van der Waals surface area contributed by atoms with Crippen LogP contribution in [0, 0.1) is 5.41 Å². The summed E-state index contributed by atoms with van der Waals surface area (Å²) in [4.78, 5) is 5.18. The Bertz CT molecular complexity index is 329. The molecule has 0 aromatic carbocycles. The molecule has 0 aliphatic carbocycles. The summed E-state index contributed by atoms with van der Waals surface area (Å²) < 4.78 is 0. The van der Waals surface area contributed by atoms with Gasteiger partial charge < -0.3 is 10.2 Å². The molecule has 1 aromatic heterocycles. The van der Waals surface area contributed by atoms with Crippen LogP contribution in [0.3, 0.4) is 0 Å². The van der Waals surface area contributed by atoms with Crippen molar-refractivity contribution in [3.8, 4) is 0 Å². The van der Waals surface area contributed by atoms with Crippen molar-refractivity contribution in [1.82, 2.24) is 10.2 Å². The molecular formula is C14H26N2S. The van der Waals surface area contributed by atoms with Gasteiger partial charge in [0.25, 0.3) is 0 Å². The summed E-state index contributed by atoms with van der Waals surface area (Å²) in [7, 11) is 4.27. The largest absolute Gasteiger partial charge is 0.311 e. The highest BCUT2D eigenvalue weighted by Crippen LogP contribution is 2.18. The minimum Gasteiger partial charge on any atom is -0.311 e. The molecule has 98 valence electrons. The molecule has 0 spiro atoms. The zero-order valence-electron chi connectivity index (χ0n) is 11.8. The maximum absolute atomic E-state index is 3.57. The second-order valence-electron chi connectivity index (χ2n) is 5.73. The van der Waals surface area contributed by atoms with Gasteiger partial charge in [0.05, 0.1) is 0 Å². The topological polar surface area (TPSA) is 15.3 Å². The molecule has 0 amide bonds. The molecule has 0 atom stereocenters. The van der Waals surface area contributed by atoms with Gasteiger partial charge in [0.2, 0.25) is 0 Å². The van der Waals surface area contributed by atoms with Crippen LogP contribution in [-0.2, 0) is 13.0 Å². The van der Waals surface area contributed by atoms with Gasteiger partial charge in [-0.2, -0.15) is 0 Å². The van der Waals surface area contributed by atoms with Crippen LogP contribution in [0.15, 0.2) is 12.1 Å². The lowest BCUT2D eigenvalue weighted by Crippen LogP contribution is -2.37. The van der Waals surface area contributed by atoms with Crippen LogP contribution in [-0.4, -0.2) is 32.1 Å². The average molecular weight is 254 g/mol. The third-order valence-corrected chi connectivity index (χ3v) is 3.94. The molecule has 0 fully saturated rings. The van der Waals surface area contributed by atoms with Crippen LogP contribution < -0.4 is 5.32 Å². The number of thiophene rings is 1. The quantitative estimate of drug-likeness (QED) is 0.805. The van der Waals surface area contributed by atoms with Crippen LogP contribution in [0.25, 0.3) is 0 Å². The highest BCUT2D eigenvalue weighted by molar-refractivity contribution is 7.11. The summed E-state index contributed by atoms with van der Waals surface area (Å²) in [5, 5.41) is 3.57. The highest BCUT2D eigenvalue weighted by atomic mass is 32.1. The van der Waals surface area contributed by atoms with E-state index in [1.54, 1.807) is 0 Å². The Kier molecular flexibility index (Phi) is 5.63. The van der Waals surface area contributed by atoms with Crippen LogP contribution in [0.4, 0.5) is 0 Å². The Labute approximate surface area is 110 Å². The van der Waals surface area contributed by atoms with Crippen LogP contribution in [0.2, 0.25) is 0 Å². The smallest absolute Gasteiger partial charge is 0.0300 e. The Morgan fingerprint density at radius 1 is 1.24 bits per heavy atom. The van der Waals surface area contributed by atoms with Crippen molar-refractivity contribution < 1.29 is 0 Å². The first-order chi connectivity index (χ1) is 7.93. The molecule has 0 aliphatic heterocycles. The number of nitrogens with one attached hydrogen (secondary N) is 1. The molecule has 1 rings (SSSR count). The minimum absolute atomic E-state index is 0.328. The van der Waals surface area contributed by atoms with E-state index in [0.29, 0.717) is 5.41 Å². The van der Waals surface area contributed by atoms with E-state index in [1.165, 1.54) is 9.75 Å². The molecular weight excluding hydrogens is 228 g/mol. The fourth-order valence-electron chi connectivity index (χ4n) is 2.14. The van der Waals surface area contributed by atoms with E-state index >= 15 is 0 Å². The van der Waals surface area contributed by atoms with E-state index in [-0.39, 0.29) is 0 Å². The first-order valence-corrected chi connectivity index (χ1v) is 7.17. The second kappa shape index (κ2) is 6.53. The van der Waals surface area contributed by atoms with Crippen LogP contribution >= 0.6 is 11.3 Å². The molecule has 17 heavy (non-hydrogen) atoms. The zero-order valence-corrected chi connectivity index (χ0v) is 12.7. The predicted molar refractivity (Wildman–Crippen MR) is 77.7 cm³/mol. The minimum atomic E-state index is 0.328. The molecule has 1 heterocycles. The molecule has 3 heteroatoms. The van der Waals surface area contributed by atoms with E-state index in [2.05, 4.69) is 57.2 Å². The second-order valence-corrected chi connectivity index (χ2v) is 6.98. The van der Waals surface area contributed by atoms with Gasteiger partial charge in [-0.05, 0) is 38.1 Å². The highest BCUT2D eigenvalue weighted by Gasteiger charge is 2.18. The van der Waals surface area contributed by atoms with Gasteiger partial charge in [0.1, 0.15) is 0 Å². The molecule has 0 saturated heterocycles. The molecule has 0 bridgehead atoms. The van der Waals surface area contributed by atoms with E-state index < -0.39 is 0 Å². The standard InChI is InChI=1S/C14H26N2S/c1-6-12-7-8-13(17-12)9-15-10-14(2,3)11-16(4)5/h7-8,15H,6,9-11H2,1-5H3. The summed E-state index contributed by atoms with van der Waals surface area (Å²) in [5.41, 5.74) is 0.328. The van der Waals surface area contributed by atoms with E-state index in [0.717, 1.165) is 26.1 Å².